The van der Waals surface area contributed by atoms with Gasteiger partial charge >= 0.3 is 0 Å². The Kier molecular flexibility index (Phi) is 8.11. The average Bonchev–Trinajstić information content (AvgIpc) is 3.28. The largest absolute Gasteiger partial charge is 0.465 e. The number of thiazole rings is 1. The van der Waals surface area contributed by atoms with Gasteiger partial charge in [0.1, 0.15) is 10.8 Å². The van der Waals surface area contributed by atoms with Crippen LogP contribution in [-0.2, 0) is 20.7 Å². The number of rotatable bonds is 11. The maximum absolute atomic E-state index is 11.6. The Morgan fingerprint density at radius 1 is 1.47 bits per heavy atom. The van der Waals surface area contributed by atoms with Crippen molar-refractivity contribution in [3.63, 3.8) is 0 Å². The molecule has 0 fully saturated rings. The van der Waals surface area contributed by atoms with Crippen molar-refractivity contribution in [1.82, 2.24) is 15.3 Å². The molecule has 11 nitrogen and oxygen atoms in total. The first-order chi connectivity index (χ1) is 14.4. The van der Waals surface area contributed by atoms with Crippen molar-refractivity contribution in [2.24, 2.45) is 16.6 Å². The maximum Gasteiger partial charge on any atom is 0.285 e. The average molecular weight is 433 g/mol. The molecule has 160 valence electrons. The van der Waals surface area contributed by atoms with Crippen LogP contribution >= 0.6 is 11.3 Å². The third-order valence-corrected chi connectivity index (χ3v) is 5.12. The number of primary amides is 1. The number of nitrogens with zero attached hydrogens (tertiary/aromatic N) is 3. The van der Waals surface area contributed by atoms with Crippen molar-refractivity contribution >= 4 is 47.5 Å². The molecule has 7 N–H and O–H groups in total. The molecule has 30 heavy (non-hydrogen) atoms. The summed E-state index contributed by atoms with van der Waals surface area (Å²) in [4.78, 5) is 29.3. The molecule has 0 radical (unpaired) electrons. The summed E-state index contributed by atoms with van der Waals surface area (Å²) in [5.41, 5.74) is 15.3. The molecule has 2 amide bonds. The van der Waals surface area contributed by atoms with Gasteiger partial charge < -0.3 is 31.8 Å². The molecule has 1 aliphatic rings. The lowest BCUT2D eigenvalue weighted by atomic mass is 10.1. The van der Waals surface area contributed by atoms with Gasteiger partial charge in [0.25, 0.3) is 5.91 Å². The van der Waals surface area contributed by atoms with Gasteiger partial charge in [-0.2, -0.15) is 5.10 Å². The van der Waals surface area contributed by atoms with E-state index in [1.807, 2.05) is 6.08 Å². The SMILES string of the molecule is CNc1nc(CC(N)=CC=N)sc1C(/C=N\NC=O)=C/CC1=C(C(N)=O)OCN1C. The molecule has 2 rings (SSSR count). The summed E-state index contributed by atoms with van der Waals surface area (Å²) in [6, 6.07) is 0. The molecule has 1 aromatic heterocycles. The number of hydrazone groups is 1. The van der Waals surface area contributed by atoms with Crippen LogP contribution in [0, 0.1) is 5.41 Å². The number of allylic oxidation sites excluding steroid dienone is 4. The fraction of sp³-hybridized carbons (Fsp3) is 0.278. The smallest absolute Gasteiger partial charge is 0.285 e. The zero-order chi connectivity index (χ0) is 22.1. The van der Waals surface area contributed by atoms with E-state index in [1.165, 1.54) is 23.6 Å². The number of ether oxygens (including phenoxy) is 1. The zero-order valence-corrected chi connectivity index (χ0v) is 17.5. The Labute approximate surface area is 177 Å². The molecule has 0 unspecified atom stereocenters. The molecule has 12 heteroatoms. The minimum Gasteiger partial charge on any atom is -0.465 e. The number of nitrogens with one attached hydrogen (secondary N) is 3. The summed E-state index contributed by atoms with van der Waals surface area (Å²) in [5.74, 6) is 0.103. The molecular formula is C18H24N8O3S. The van der Waals surface area contributed by atoms with Gasteiger partial charge in [-0.25, -0.2) is 10.4 Å². The topological polar surface area (TPSA) is 172 Å². The molecule has 0 atom stereocenters. The van der Waals surface area contributed by atoms with Crippen molar-refractivity contribution in [1.29, 1.82) is 5.41 Å². The number of hydrogen-bond donors (Lipinski definition) is 5. The monoisotopic (exact) mass is 432 g/mol. The highest BCUT2D eigenvalue weighted by atomic mass is 32.1. The third kappa shape index (κ3) is 5.67. The number of carbonyl (C=O) groups is 2. The first-order valence-corrected chi connectivity index (χ1v) is 9.65. The highest BCUT2D eigenvalue weighted by Gasteiger charge is 2.24. The zero-order valence-electron chi connectivity index (χ0n) is 16.6. The van der Waals surface area contributed by atoms with Crippen LogP contribution in [0.15, 0.2) is 34.4 Å². The van der Waals surface area contributed by atoms with Crippen molar-refractivity contribution in [2.75, 3.05) is 26.1 Å². The van der Waals surface area contributed by atoms with E-state index in [1.54, 1.807) is 19.0 Å². The molecule has 0 saturated heterocycles. The molecule has 0 aromatic carbocycles. The van der Waals surface area contributed by atoms with Crippen LogP contribution in [0.2, 0.25) is 0 Å². The van der Waals surface area contributed by atoms with Crippen molar-refractivity contribution in [2.45, 2.75) is 12.8 Å². The predicted molar refractivity (Wildman–Crippen MR) is 117 cm³/mol. The van der Waals surface area contributed by atoms with Crippen LogP contribution in [-0.4, -0.2) is 55.5 Å². The van der Waals surface area contributed by atoms with Gasteiger partial charge in [0.2, 0.25) is 12.2 Å². The lowest BCUT2D eigenvalue weighted by molar-refractivity contribution is -0.117. The second kappa shape index (κ2) is 10.8. The summed E-state index contributed by atoms with van der Waals surface area (Å²) >= 11 is 1.40. The van der Waals surface area contributed by atoms with Gasteiger partial charge in [0.05, 0.1) is 16.8 Å². The number of amides is 2. The quantitative estimate of drug-likeness (QED) is 0.190. The van der Waals surface area contributed by atoms with Crippen LogP contribution in [0.1, 0.15) is 16.3 Å². The summed E-state index contributed by atoms with van der Waals surface area (Å²) in [7, 11) is 3.53. The number of nitrogens with two attached hydrogens (primary N) is 2. The van der Waals surface area contributed by atoms with E-state index >= 15 is 0 Å². The van der Waals surface area contributed by atoms with E-state index < -0.39 is 5.91 Å². The first kappa shape index (κ1) is 22.6. The van der Waals surface area contributed by atoms with Gasteiger partial charge in [-0.15, -0.1) is 11.3 Å². The molecule has 0 spiro atoms. The van der Waals surface area contributed by atoms with Crippen LogP contribution in [0.5, 0.6) is 0 Å². The van der Waals surface area contributed by atoms with Crippen molar-refractivity contribution < 1.29 is 14.3 Å². The normalized spacial score (nSPS) is 14.8. The molecule has 1 aliphatic heterocycles. The summed E-state index contributed by atoms with van der Waals surface area (Å²) in [6.45, 7) is 0.239. The Morgan fingerprint density at radius 3 is 2.87 bits per heavy atom. The lowest BCUT2D eigenvalue weighted by Gasteiger charge is -2.11. The third-order valence-electron chi connectivity index (χ3n) is 4.02. The van der Waals surface area contributed by atoms with Gasteiger partial charge in [-0.05, 0) is 6.08 Å². The molecule has 1 aromatic rings. The van der Waals surface area contributed by atoms with Crippen LogP contribution in [0.25, 0.3) is 5.57 Å². The Bertz CT molecular complexity index is 932. The fourth-order valence-corrected chi connectivity index (χ4v) is 3.76. The van der Waals surface area contributed by atoms with Crippen LogP contribution in [0.3, 0.4) is 0 Å². The van der Waals surface area contributed by atoms with Gasteiger partial charge in [0.15, 0.2) is 6.73 Å². The van der Waals surface area contributed by atoms with Crippen molar-refractivity contribution in [3.8, 4) is 0 Å². The number of aromatic nitrogens is 1. The molecule has 0 aliphatic carbocycles. The number of hydrogen-bond acceptors (Lipinski definition) is 10. The summed E-state index contributed by atoms with van der Waals surface area (Å²) < 4.78 is 5.34. The second-order valence-corrected chi connectivity index (χ2v) is 7.18. The van der Waals surface area contributed by atoms with Crippen LogP contribution < -0.4 is 22.2 Å². The van der Waals surface area contributed by atoms with E-state index in [2.05, 4.69) is 20.8 Å². The van der Waals surface area contributed by atoms with E-state index in [0.29, 0.717) is 42.0 Å². The fourth-order valence-electron chi connectivity index (χ4n) is 2.65. The highest BCUT2D eigenvalue weighted by Crippen LogP contribution is 2.32. The van der Waals surface area contributed by atoms with E-state index in [0.717, 1.165) is 16.1 Å². The van der Waals surface area contributed by atoms with Crippen molar-refractivity contribution in [3.05, 3.63) is 39.2 Å². The summed E-state index contributed by atoms with van der Waals surface area (Å²) in [5, 5.41) is 14.8. The Morgan fingerprint density at radius 2 is 2.23 bits per heavy atom. The predicted octanol–water partition coefficient (Wildman–Crippen LogP) is 0.341. The van der Waals surface area contributed by atoms with Gasteiger partial charge in [0, 0.05) is 44.4 Å². The van der Waals surface area contributed by atoms with E-state index in [-0.39, 0.29) is 12.5 Å². The van der Waals surface area contributed by atoms with Gasteiger partial charge in [-0.1, -0.05) is 6.08 Å². The second-order valence-electron chi connectivity index (χ2n) is 6.10. The van der Waals surface area contributed by atoms with Crippen LogP contribution in [0.4, 0.5) is 5.82 Å². The Balaban J connectivity index is 2.42. The minimum absolute atomic E-state index is 0.124. The maximum atomic E-state index is 11.6. The molecule has 0 saturated carbocycles. The summed E-state index contributed by atoms with van der Waals surface area (Å²) in [6.07, 6.45) is 7.15. The highest BCUT2D eigenvalue weighted by molar-refractivity contribution is 7.13. The standard InChI is InChI=1S/C18H24N8O3S/c1-22-18-16(30-14(25-18)7-12(20)5-6-19)11(8-23-24-9-27)3-4-13-15(17(21)28)29-10-26(13)2/h3,5-6,8-9,19,22H,4,7,10,20H2,1-2H3,(H2,21,28)(H,24,27)/b11-3+,12-5?,19-6?,23-8-. The van der Waals surface area contributed by atoms with Gasteiger partial charge in [-0.3, -0.25) is 9.59 Å². The Hall–Kier alpha value is -3.67. The molecular weight excluding hydrogens is 408 g/mol. The number of carbonyl (C=O) groups excluding carboxylic acids is 2. The molecule has 2 heterocycles. The number of anilines is 1. The van der Waals surface area contributed by atoms with E-state index in [9.17, 15) is 9.59 Å². The molecule has 0 bridgehead atoms. The van der Waals surface area contributed by atoms with E-state index in [4.69, 9.17) is 21.6 Å². The lowest BCUT2D eigenvalue weighted by Crippen LogP contribution is -2.16. The first-order valence-electron chi connectivity index (χ1n) is 8.83. The minimum atomic E-state index is -0.634.